The summed E-state index contributed by atoms with van der Waals surface area (Å²) in [5.74, 6) is 0. The first kappa shape index (κ1) is 9.52. The second-order valence-corrected chi connectivity index (χ2v) is 5.77. The Morgan fingerprint density at radius 1 is 1.36 bits per heavy atom. The van der Waals surface area contributed by atoms with Gasteiger partial charge in [0, 0.05) is 8.45 Å². The minimum atomic E-state index is 0.315. The molecule has 1 aromatic heterocycles. The maximum absolute atomic E-state index is 2.44. The first-order valence-corrected chi connectivity index (χ1v) is 5.63. The Hall–Kier alpha value is 0.430. The molecule has 0 radical (unpaired) electrons. The lowest BCUT2D eigenvalue weighted by Gasteiger charge is -2.16. The fraction of sp³-hybridized carbons (Fsp3) is 0.556. The molecule has 0 saturated heterocycles. The van der Waals surface area contributed by atoms with E-state index in [2.05, 4.69) is 55.7 Å². The smallest absolute Gasteiger partial charge is 0.0304 e. The highest BCUT2D eigenvalue weighted by Gasteiger charge is 2.19. The lowest BCUT2D eigenvalue weighted by atomic mass is 9.94. The van der Waals surface area contributed by atoms with Crippen molar-refractivity contribution >= 4 is 33.9 Å². The van der Waals surface area contributed by atoms with Crippen molar-refractivity contribution in [3.63, 3.8) is 0 Å². The van der Waals surface area contributed by atoms with Crippen LogP contribution in [0.4, 0.5) is 0 Å². The molecule has 0 bridgehead atoms. The van der Waals surface area contributed by atoms with Crippen LogP contribution in [0, 0.1) is 10.5 Å². The molecule has 0 aliphatic heterocycles. The van der Waals surface area contributed by atoms with Gasteiger partial charge in [-0.05, 0) is 45.9 Å². The van der Waals surface area contributed by atoms with Gasteiger partial charge in [0.1, 0.15) is 0 Å². The van der Waals surface area contributed by atoms with Gasteiger partial charge in [0.05, 0.1) is 0 Å². The number of rotatable bonds is 0. The Kier molecular flexibility index (Phi) is 2.64. The van der Waals surface area contributed by atoms with Gasteiger partial charge in [-0.2, -0.15) is 0 Å². The molecule has 0 aliphatic rings. The van der Waals surface area contributed by atoms with Crippen LogP contribution in [0.5, 0.6) is 0 Å². The standard InChI is InChI=1S/C9H13IS/c1-6-5-11-8(7(6)10)9(2,3)4/h5H,1-4H3. The highest BCUT2D eigenvalue weighted by Crippen LogP contribution is 2.33. The van der Waals surface area contributed by atoms with Crippen molar-refractivity contribution in [3.8, 4) is 0 Å². The van der Waals surface area contributed by atoms with Crippen LogP contribution < -0.4 is 0 Å². The zero-order valence-corrected chi connectivity index (χ0v) is 10.3. The zero-order chi connectivity index (χ0) is 8.65. The fourth-order valence-electron chi connectivity index (χ4n) is 0.936. The number of thiophene rings is 1. The lowest BCUT2D eigenvalue weighted by molar-refractivity contribution is 0.600. The quantitative estimate of drug-likeness (QED) is 0.631. The van der Waals surface area contributed by atoms with E-state index in [4.69, 9.17) is 0 Å². The Balaban J connectivity index is 3.15. The third kappa shape index (κ3) is 1.96. The maximum atomic E-state index is 2.44. The van der Waals surface area contributed by atoms with Crippen LogP contribution >= 0.6 is 33.9 Å². The molecule has 0 fully saturated rings. The summed E-state index contributed by atoms with van der Waals surface area (Å²) in [5, 5.41) is 2.24. The van der Waals surface area contributed by atoms with Crippen molar-refractivity contribution in [1.82, 2.24) is 0 Å². The van der Waals surface area contributed by atoms with E-state index >= 15 is 0 Å². The predicted molar refractivity (Wildman–Crippen MR) is 60.5 cm³/mol. The number of hydrogen-bond donors (Lipinski definition) is 0. The van der Waals surface area contributed by atoms with Crippen molar-refractivity contribution in [2.45, 2.75) is 33.1 Å². The van der Waals surface area contributed by atoms with Crippen molar-refractivity contribution in [2.24, 2.45) is 0 Å². The van der Waals surface area contributed by atoms with E-state index in [1.165, 1.54) is 14.0 Å². The summed E-state index contributed by atoms with van der Waals surface area (Å²) in [4.78, 5) is 1.51. The van der Waals surface area contributed by atoms with Gasteiger partial charge >= 0.3 is 0 Å². The SMILES string of the molecule is Cc1csc(C(C)(C)C)c1I. The minimum Gasteiger partial charge on any atom is -0.147 e. The summed E-state index contributed by atoms with van der Waals surface area (Å²) in [6.07, 6.45) is 0. The van der Waals surface area contributed by atoms with Crippen LogP contribution in [0.1, 0.15) is 31.2 Å². The predicted octanol–water partition coefficient (Wildman–Crippen LogP) is 3.96. The molecule has 0 atom stereocenters. The van der Waals surface area contributed by atoms with Crippen LogP contribution in [0.2, 0.25) is 0 Å². The average Bonchev–Trinajstić information content (AvgIpc) is 2.11. The molecule has 0 unspecified atom stereocenters. The third-order valence-electron chi connectivity index (χ3n) is 1.58. The Bertz CT molecular complexity index is 255. The Morgan fingerprint density at radius 2 is 1.91 bits per heavy atom. The van der Waals surface area contributed by atoms with Crippen molar-refractivity contribution in [1.29, 1.82) is 0 Å². The van der Waals surface area contributed by atoms with E-state index in [9.17, 15) is 0 Å². The van der Waals surface area contributed by atoms with E-state index in [0.29, 0.717) is 5.41 Å². The van der Waals surface area contributed by atoms with Crippen molar-refractivity contribution in [2.75, 3.05) is 0 Å². The maximum Gasteiger partial charge on any atom is 0.0304 e. The summed E-state index contributed by atoms with van der Waals surface area (Å²) in [6, 6.07) is 0. The molecule has 2 heteroatoms. The largest absolute Gasteiger partial charge is 0.147 e. The third-order valence-corrected chi connectivity index (χ3v) is 4.86. The molecule has 0 aliphatic carbocycles. The summed E-state index contributed by atoms with van der Waals surface area (Å²) in [6.45, 7) is 8.97. The first-order chi connectivity index (χ1) is 4.93. The Labute approximate surface area is 86.2 Å². The van der Waals surface area contributed by atoms with Crippen molar-refractivity contribution < 1.29 is 0 Å². The van der Waals surface area contributed by atoms with Crippen LogP contribution in [0.3, 0.4) is 0 Å². The van der Waals surface area contributed by atoms with Crippen LogP contribution in [0.15, 0.2) is 5.38 Å². The molecule has 1 aromatic rings. The molecular formula is C9H13IS. The Morgan fingerprint density at radius 3 is 2.09 bits per heavy atom. The normalized spacial score (nSPS) is 12.1. The molecule has 1 rings (SSSR count). The van der Waals surface area contributed by atoms with Crippen LogP contribution in [0.25, 0.3) is 0 Å². The van der Waals surface area contributed by atoms with Gasteiger partial charge in [0.25, 0.3) is 0 Å². The van der Waals surface area contributed by atoms with E-state index in [1.54, 1.807) is 0 Å². The second kappa shape index (κ2) is 3.05. The highest BCUT2D eigenvalue weighted by molar-refractivity contribution is 14.1. The van der Waals surface area contributed by atoms with Crippen LogP contribution in [-0.2, 0) is 5.41 Å². The molecule has 0 saturated carbocycles. The van der Waals surface area contributed by atoms with Gasteiger partial charge in [0.2, 0.25) is 0 Å². The molecule has 0 amide bonds. The average molecular weight is 280 g/mol. The number of hydrogen-bond acceptors (Lipinski definition) is 1. The van der Waals surface area contributed by atoms with Gasteiger partial charge in [-0.1, -0.05) is 20.8 Å². The topological polar surface area (TPSA) is 0 Å². The highest BCUT2D eigenvalue weighted by atomic mass is 127. The second-order valence-electron chi connectivity index (χ2n) is 3.81. The monoisotopic (exact) mass is 280 g/mol. The molecule has 0 nitrogen and oxygen atoms in total. The minimum absolute atomic E-state index is 0.315. The van der Waals surface area contributed by atoms with Gasteiger partial charge in [-0.25, -0.2) is 0 Å². The molecular weight excluding hydrogens is 267 g/mol. The van der Waals surface area contributed by atoms with Crippen LogP contribution in [-0.4, -0.2) is 0 Å². The molecule has 11 heavy (non-hydrogen) atoms. The number of aryl methyl sites for hydroxylation is 1. The first-order valence-electron chi connectivity index (χ1n) is 3.67. The zero-order valence-electron chi connectivity index (χ0n) is 7.36. The van der Waals surface area contributed by atoms with Gasteiger partial charge in [-0.3, -0.25) is 0 Å². The molecule has 0 spiro atoms. The van der Waals surface area contributed by atoms with E-state index in [1.807, 2.05) is 11.3 Å². The van der Waals surface area contributed by atoms with E-state index < -0.39 is 0 Å². The lowest BCUT2D eigenvalue weighted by Crippen LogP contribution is -2.10. The summed E-state index contributed by atoms with van der Waals surface area (Å²) in [7, 11) is 0. The summed E-state index contributed by atoms with van der Waals surface area (Å²) >= 11 is 4.31. The van der Waals surface area contributed by atoms with Gasteiger partial charge < -0.3 is 0 Å². The van der Waals surface area contributed by atoms with E-state index in [0.717, 1.165) is 0 Å². The molecule has 0 aromatic carbocycles. The summed E-state index contributed by atoms with van der Waals surface area (Å²) < 4.78 is 1.44. The molecule has 0 N–H and O–H groups in total. The van der Waals surface area contributed by atoms with E-state index in [-0.39, 0.29) is 0 Å². The fourth-order valence-corrected chi connectivity index (χ4v) is 3.52. The van der Waals surface area contributed by atoms with Gasteiger partial charge in [-0.15, -0.1) is 11.3 Å². The molecule has 1 heterocycles. The van der Waals surface area contributed by atoms with Crippen molar-refractivity contribution in [3.05, 3.63) is 19.4 Å². The number of halogens is 1. The summed E-state index contributed by atoms with van der Waals surface area (Å²) in [5.41, 5.74) is 1.73. The molecule has 62 valence electrons. The van der Waals surface area contributed by atoms with Gasteiger partial charge in [0.15, 0.2) is 0 Å².